The van der Waals surface area contributed by atoms with E-state index in [0.29, 0.717) is 0 Å². The maximum Gasteiger partial charge on any atom is 0.225 e. The van der Waals surface area contributed by atoms with Gasteiger partial charge in [0, 0.05) is 62.8 Å². The molecule has 2 aromatic rings. The number of rotatable bonds is 3. The molecule has 0 unspecified atom stereocenters. The van der Waals surface area contributed by atoms with Crippen LogP contribution < -0.4 is 10.2 Å². The third-order valence-corrected chi connectivity index (χ3v) is 4.98. The van der Waals surface area contributed by atoms with Gasteiger partial charge in [0.25, 0.3) is 0 Å². The number of carbonyl (C=O) groups excluding carboxylic acids is 1. The number of carbonyl (C=O) groups is 1. The molecular weight excluding hydrogens is 304 g/mol. The quantitative estimate of drug-likeness (QED) is 0.911. The van der Waals surface area contributed by atoms with Crippen LogP contribution in [-0.4, -0.2) is 44.6 Å². The summed E-state index contributed by atoms with van der Waals surface area (Å²) in [7, 11) is 0. The summed E-state index contributed by atoms with van der Waals surface area (Å²) in [5.41, 5.74) is 0. The number of fused-ring (bicyclic) bond motifs is 1. The first-order valence-corrected chi connectivity index (χ1v) is 8.62. The van der Waals surface area contributed by atoms with Crippen molar-refractivity contribution in [2.45, 2.75) is 38.3 Å². The summed E-state index contributed by atoms with van der Waals surface area (Å²) in [5, 5.41) is 3.24. The second-order valence-electron chi connectivity index (χ2n) is 6.55. The highest BCUT2D eigenvalue weighted by Crippen LogP contribution is 2.21. The summed E-state index contributed by atoms with van der Waals surface area (Å²) in [4.78, 5) is 27.6. The first-order valence-electron chi connectivity index (χ1n) is 8.62. The monoisotopic (exact) mass is 326 g/mol. The summed E-state index contributed by atoms with van der Waals surface area (Å²) in [6.07, 6.45) is 11.0. The van der Waals surface area contributed by atoms with Gasteiger partial charge in [-0.25, -0.2) is 15.0 Å². The minimum Gasteiger partial charge on any atom is -0.351 e. The average Bonchev–Trinajstić information content (AvgIpc) is 3.10. The van der Waals surface area contributed by atoms with E-state index in [9.17, 15) is 4.79 Å². The maximum atomic E-state index is 12.6. The number of hydrogen-bond acceptors (Lipinski definition) is 5. The molecule has 2 aromatic heterocycles. The van der Waals surface area contributed by atoms with Crippen molar-refractivity contribution in [1.82, 2.24) is 24.8 Å². The van der Waals surface area contributed by atoms with Gasteiger partial charge < -0.3 is 14.8 Å². The summed E-state index contributed by atoms with van der Waals surface area (Å²) < 4.78 is 2.14. The second kappa shape index (κ2) is 6.59. The zero-order valence-corrected chi connectivity index (χ0v) is 13.6. The molecule has 1 fully saturated rings. The Balaban J connectivity index is 1.29. The lowest BCUT2D eigenvalue weighted by atomic mass is 9.95. The smallest absolute Gasteiger partial charge is 0.225 e. The van der Waals surface area contributed by atoms with E-state index in [0.717, 1.165) is 57.1 Å². The molecule has 0 spiro atoms. The van der Waals surface area contributed by atoms with E-state index in [2.05, 4.69) is 29.7 Å². The molecule has 0 bridgehead atoms. The third-order valence-electron chi connectivity index (χ3n) is 4.98. The van der Waals surface area contributed by atoms with Gasteiger partial charge in [-0.15, -0.1) is 0 Å². The fourth-order valence-electron chi connectivity index (χ4n) is 3.60. The van der Waals surface area contributed by atoms with Crippen molar-refractivity contribution in [2.24, 2.45) is 5.92 Å². The van der Waals surface area contributed by atoms with Crippen LogP contribution in [0.1, 0.15) is 25.1 Å². The Morgan fingerprint density at radius 1 is 1.08 bits per heavy atom. The second-order valence-corrected chi connectivity index (χ2v) is 6.55. The highest BCUT2D eigenvalue weighted by Gasteiger charge is 2.28. The van der Waals surface area contributed by atoms with Crippen LogP contribution in [0.2, 0.25) is 0 Å². The van der Waals surface area contributed by atoms with E-state index in [1.54, 1.807) is 12.4 Å². The number of nitrogens with zero attached hydrogens (tertiary/aromatic N) is 5. The molecule has 126 valence electrons. The lowest BCUT2D eigenvalue weighted by Gasteiger charge is -2.32. The van der Waals surface area contributed by atoms with Gasteiger partial charge in [-0.2, -0.15) is 0 Å². The van der Waals surface area contributed by atoms with E-state index in [1.807, 2.05) is 18.5 Å². The van der Waals surface area contributed by atoms with Crippen LogP contribution in [0.5, 0.6) is 0 Å². The van der Waals surface area contributed by atoms with Gasteiger partial charge in [-0.05, 0) is 25.3 Å². The number of nitrogens with one attached hydrogen (secondary N) is 1. The number of anilines is 1. The number of aromatic nitrogens is 4. The zero-order valence-electron chi connectivity index (χ0n) is 13.6. The minimum absolute atomic E-state index is 0.0918. The van der Waals surface area contributed by atoms with Crippen molar-refractivity contribution in [1.29, 1.82) is 0 Å². The van der Waals surface area contributed by atoms with Crippen molar-refractivity contribution < 1.29 is 4.79 Å². The average molecular weight is 326 g/mol. The standard InChI is InChI=1S/C17H22N6O/c24-16(21-14-2-3-15-18-8-11-23(15)12-14)13-4-9-22(10-5-13)17-19-6-1-7-20-17/h1,6-8,11,13-14H,2-5,9-10,12H2,(H,21,24)/t14-/m0/s1. The van der Waals surface area contributed by atoms with E-state index in [4.69, 9.17) is 0 Å². The number of imidazole rings is 1. The minimum atomic E-state index is 0.0918. The van der Waals surface area contributed by atoms with Crippen molar-refractivity contribution >= 4 is 11.9 Å². The zero-order chi connectivity index (χ0) is 16.4. The molecule has 7 nitrogen and oxygen atoms in total. The predicted molar refractivity (Wildman–Crippen MR) is 89.4 cm³/mol. The van der Waals surface area contributed by atoms with Gasteiger partial charge in [0.15, 0.2) is 0 Å². The third kappa shape index (κ3) is 3.11. The Morgan fingerprint density at radius 2 is 1.88 bits per heavy atom. The summed E-state index contributed by atoms with van der Waals surface area (Å²) in [6, 6.07) is 2.04. The molecule has 0 aromatic carbocycles. The van der Waals surface area contributed by atoms with Crippen molar-refractivity contribution in [3.05, 3.63) is 36.7 Å². The maximum absolute atomic E-state index is 12.6. The van der Waals surface area contributed by atoms with Crippen LogP contribution in [0.4, 0.5) is 5.95 Å². The molecule has 0 radical (unpaired) electrons. The molecule has 24 heavy (non-hydrogen) atoms. The van der Waals surface area contributed by atoms with Crippen LogP contribution in [0, 0.1) is 5.92 Å². The van der Waals surface area contributed by atoms with Crippen LogP contribution in [0.3, 0.4) is 0 Å². The van der Waals surface area contributed by atoms with Gasteiger partial charge in [0.1, 0.15) is 5.82 Å². The summed E-state index contributed by atoms with van der Waals surface area (Å²) in [5.74, 6) is 2.17. The number of aryl methyl sites for hydroxylation is 1. The Bertz CT molecular complexity index is 692. The van der Waals surface area contributed by atoms with Crippen molar-refractivity contribution in [2.75, 3.05) is 18.0 Å². The van der Waals surface area contributed by atoms with E-state index in [-0.39, 0.29) is 17.9 Å². The normalized spacial score (nSPS) is 21.3. The Kier molecular flexibility index (Phi) is 4.15. The van der Waals surface area contributed by atoms with Crippen molar-refractivity contribution in [3.8, 4) is 0 Å². The molecule has 2 aliphatic heterocycles. The van der Waals surface area contributed by atoms with Gasteiger partial charge in [-0.3, -0.25) is 4.79 Å². The van der Waals surface area contributed by atoms with E-state index >= 15 is 0 Å². The lowest BCUT2D eigenvalue weighted by Crippen LogP contribution is -2.46. The highest BCUT2D eigenvalue weighted by molar-refractivity contribution is 5.79. The fraction of sp³-hybridized carbons (Fsp3) is 0.529. The molecule has 0 aliphatic carbocycles. The topological polar surface area (TPSA) is 75.9 Å². The van der Waals surface area contributed by atoms with E-state index < -0.39 is 0 Å². The summed E-state index contributed by atoms with van der Waals surface area (Å²) >= 11 is 0. The van der Waals surface area contributed by atoms with Gasteiger partial charge in [-0.1, -0.05) is 0 Å². The fourth-order valence-corrected chi connectivity index (χ4v) is 3.60. The SMILES string of the molecule is O=C(N[C@H]1CCc2nccn2C1)C1CCN(c2ncccn2)CC1. The van der Waals surface area contributed by atoms with Gasteiger partial charge in [0.2, 0.25) is 11.9 Å². The molecule has 2 aliphatic rings. The van der Waals surface area contributed by atoms with Gasteiger partial charge in [0.05, 0.1) is 0 Å². The first kappa shape index (κ1) is 15.1. The van der Waals surface area contributed by atoms with Gasteiger partial charge >= 0.3 is 0 Å². The molecule has 1 atom stereocenters. The van der Waals surface area contributed by atoms with E-state index in [1.165, 1.54) is 0 Å². The summed E-state index contributed by atoms with van der Waals surface area (Å²) in [6.45, 7) is 2.49. The predicted octanol–water partition coefficient (Wildman–Crippen LogP) is 1.02. The van der Waals surface area contributed by atoms with Crippen LogP contribution in [-0.2, 0) is 17.8 Å². The molecular formula is C17H22N6O. The number of piperidine rings is 1. The first-order chi connectivity index (χ1) is 11.8. The lowest BCUT2D eigenvalue weighted by molar-refractivity contribution is -0.126. The molecule has 1 saturated heterocycles. The molecule has 1 N–H and O–H groups in total. The van der Waals surface area contributed by atoms with Crippen molar-refractivity contribution in [3.63, 3.8) is 0 Å². The molecule has 0 saturated carbocycles. The van der Waals surface area contributed by atoms with Crippen LogP contribution >= 0.6 is 0 Å². The molecule has 7 heteroatoms. The highest BCUT2D eigenvalue weighted by atomic mass is 16.2. The Labute approximate surface area is 141 Å². The van der Waals surface area contributed by atoms with Crippen LogP contribution in [0.15, 0.2) is 30.9 Å². The molecule has 1 amide bonds. The number of amides is 1. The largest absolute Gasteiger partial charge is 0.351 e. The van der Waals surface area contributed by atoms with Crippen LogP contribution in [0.25, 0.3) is 0 Å². The Hall–Kier alpha value is -2.44. The Morgan fingerprint density at radius 3 is 2.67 bits per heavy atom. The number of hydrogen-bond donors (Lipinski definition) is 1. The molecule has 4 heterocycles. The molecule has 4 rings (SSSR count).